The first kappa shape index (κ1) is 16.9. The van der Waals surface area contributed by atoms with E-state index in [-0.39, 0.29) is 0 Å². The molecule has 0 fully saturated rings. The van der Waals surface area contributed by atoms with E-state index in [0.29, 0.717) is 16.9 Å². The van der Waals surface area contributed by atoms with Gasteiger partial charge in [0, 0.05) is 16.1 Å². The Morgan fingerprint density at radius 1 is 0.885 bits per heavy atom. The number of carbonyl (C=O) groups excluding carboxylic acids is 1. The number of alkyl halides is 1. The van der Waals surface area contributed by atoms with Gasteiger partial charge in [-0.2, -0.15) is 0 Å². The van der Waals surface area contributed by atoms with E-state index in [0.717, 1.165) is 27.8 Å². The van der Waals surface area contributed by atoms with Crippen LogP contribution in [0.5, 0.6) is 0 Å². The number of hydrogen-bond acceptors (Lipinski definition) is 2. The second-order valence-corrected chi connectivity index (χ2v) is 7.75. The van der Waals surface area contributed by atoms with Gasteiger partial charge in [-0.05, 0) is 50.2 Å². The molecular formula is C22H18FNOS. The monoisotopic (exact) mass is 363 g/mol. The Kier molecular flexibility index (Phi) is 4.08. The van der Waals surface area contributed by atoms with Crippen LogP contribution in [0, 0.1) is 13.8 Å². The highest BCUT2D eigenvalue weighted by molar-refractivity contribution is 8.00. The highest BCUT2D eigenvalue weighted by Gasteiger charge is 2.53. The number of halogens is 1. The van der Waals surface area contributed by atoms with Crippen molar-refractivity contribution in [2.45, 2.75) is 23.7 Å². The number of anilines is 2. The SMILES string of the molecule is Cc1ccc(N2C(=O)C(F)(Sc3ccccc3)c3cc(C)ccc32)cc1. The van der Waals surface area contributed by atoms with E-state index in [4.69, 9.17) is 0 Å². The van der Waals surface area contributed by atoms with Crippen LogP contribution in [0.1, 0.15) is 16.7 Å². The molecule has 1 amide bonds. The summed E-state index contributed by atoms with van der Waals surface area (Å²) in [4.78, 5) is 15.4. The molecule has 1 heterocycles. The zero-order chi connectivity index (χ0) is 18.3. The maximum atomic E-state index is 16.2. The largest absolute Gasteiger partial charge is 0.285 e. The van der Waals surface area contributed by atoms with E-state index >= 15 is 4.39 Å². The summed E-state index contributed by atoms with van der Waals surface area (Å²) in [7, 11) is 0. The summed E-state index contributed by atoms with van der Waals surface area (Å²) in [5.41, 5.74) is 3.72. The fourth-order valence-electron chi connectivity index (χ4n) is 3.17. The zero-order valence-electron chi connectivity index (χ0n) is 14.6. The number of rotatable bonds is 3. The van der Waals surface area contributed by atoms with Crippen LogP contribution in [0.4, 0.5) is 15.8 Å². The van der Waals surface area contributed by atoms with Crippen molar-refractivity contribution in [3.05, 3.63) is 89.5 Å². The molecule has 1 unspecified atom stereocenters. The van der Waals surface area contributed by atoms with E-state index in [2.05, 4.69) is 0 Å². The van der Waals surface area contributed by atoms with Crippen molar-refractivity contribution in [3.63, 3.8) is 0 Å². The quantitative estimate of drug-likeness (QED) is 0.578. The van der Waals surface area contributed by atoms with Gasteiger partial charge in [-0.25, -0.2) is 4.39 Å². The molecule has 0 spiro atoms. The van der Waals surface area contributed by atoms with Gasteiger partial charge in [0.05, 0.1) is 5.69 Å². The summed E-state index contributed by atoms with van der Waals surface area (Å²) in [6, 6.07) is 22.3. The van der Waals surface area contributed by atoms with Crippen LogP contribution < -0.4 is 4.90 Å². The first-order valence-corrected chi connectivity index (χ1v) is 9.26. The van der Waals surface area contributed by atoms with Gasteiger partial charge in [-0.1, -0.05) is 59.3 Å². The van der Waals surface area contributed by atoms with Crippen molar-refractivity contribution in [2.75, 3.05) is 4.90 Å². The average molecular weight is 363 g/mol. The Morgan fingerprint density at radius 2 is 1.54 bits per heavy atom. The van der Waals surface area contributed by atoms with Crippen LogP contribution >= 0.6 is 11.8 Å². The second kappa shape index (κ2) is 6.29. The minimum absolute atomic E-state index is 0.414. The van der Waals surface area contributed by atoms with Crippen LogP contribution in [0.25, 0.3) is 0 Å². The van der Waals surface area contributed by atoms with Crippen LogP contribution in [-0.2, 0) is 9.80 Å². The molecule has 1 aliphatic rings. The summed E-state index contributed by atoms with van der Waals surface area (Å²) in [5, 5.41) is -2.15. The summed E-state index contributed by atoms with van der Waals surface area (Å²) in [6.07, 6.45) is 0. The molecule has 0 saturated carbocycles. The van der Waals surface area contributed by atoms with Gasteiger partial charge in [0.2, 0.25) is 0 Å². The number of hydrogen-bond donors (Lipinski definition) is 0. The lowest BCUT2D eigenvalue weighted by molar-refractivity contribution is -0.123. The van der Waals surface area contributed by atoms with Crippen LogP contribution in [0.3, 0.4) is 0 Å². The first-order chi connectivity index (χ1) is 12.5. The van der Waals surface area contributed by atoms with E-state index in [9.17, 15) is 4.79 Å². The van der Waals surface area contributed by atoms with Gasteiger partial charge in [-0.3, -0.25) is 9.69 Å². The molecule has 3 aromatic carbocycles. The molecule has 1 aliphatic heterocycles. The predicted molar refractivity (Wildman–Crippen MR) is 105 cm³/mol. The lowest BCUT2D eigenvalue weighted by Crippen LogP contribution is -2.32. The summed E-state index contributed by atoms with van der Waals surface area (Å²) in [5.74, 6) is -0.559. The van der Waals surface area contributed by atoms with Crippen molar-refractivity contribution < 1.29 is 9.18 Å². The number of aryl methyl sites for hydroxylation is 2. The van der Waals surface area contributed by atoms with Crippen LogP contribution in [0.2, 0.25) is 0 Å². The molecule has 4 heteroatoms. The third-order valence-electron chi connectivity index (χ3n) is 4.51. The van der Waals surface area contributed by atoms with Gasteiger partial charge in [0.25, 0.3) is 10.9 Å². The van der Waals surface area contributed by atoms with Gasteiger partial charge < -0.3 is 0 Å². The molecule has 3 aromatic rings. The summed E-state index contributed by atoms with van der Waals surface area (Å²) >= 11 is 0.957. The van der Waals surface area contributed by atoms with Crippen molar-refractivity contribution in [1.29, 1.82) is 0 Å². The number of fused-ring (bicyclic) bond motifs is 1. The molecular weight excluding hydrogens is 345 g/mol. The van der Waals surface area contributed by atoms with Crippen molar-refractivity contribution in [3.8, 4) is 0 Å². The molecule has 0 saturated heterocycles. The Morgan fingerprint density at radius 3 is 2.23 bits per heavy atom. The number of amides is 1. The van der Waals surface area contributed by atoms with Crippen molar-refractivity contribution in [2.24, 2.45) is 0 Å². The minimum atomic E-state index is -2.15. The third kappa shape index (κ3) is 2.71. The highest BCUT2D eigenvalue weighted by Crippen LogP contribution is 2.54. The molecule has 2 nitrogen and oxygen atoms in total. The standard InChI is InChI=1S/C22H18FNOS/c1-15-8-11-17(12-9-15)24-20-13-10-16(2)14-19(20)22(23,21(24)25)26-18-6-4-3-5-7-18/h3-14H,1-2H3. The van der Waals surface area contributed by atoms with Crippen LogP contribution in [-0.4, -0.2) is 5.91 Å². The Labute approximate surface area is 156 Å². The zero-order valence-corrected chi connectivity index (χ0v) is 15.4. The smallest absolute Gasteiger partial charge is 0.277 e. The summed E-state index contributed by atoms with van der Waals surface area (Å²) < 4.78 is 16.2. The lowest BCUT2D eigenvalue weighted by Gasteiger charge is -2.21. The summed E-state index contributed by atoms with van der Waals surface area (Å²) in [6.45, 7) is 3.89. The molecule has 0 radical (unpaired) electrons. The number of thioether (sulfide) groups is 1. The van der Waals surface area contributed by atoms with Gasteiger partial charge in [0.15, 0.2) is 0 Å². The number of nitrogens with zero attached hydrogens (tertiary/aromatic N) is 1. The fourth-order valence-corrected chi connectivity index (χ4v) is 4.24. The minimum Gasteiger partial charge on any atom is -0.277 e. The molecule has 26 heavy (non-hydrogen) atoms. The second-order valence-electron chi connectivity index (χ2n) is 6.51. The van der Waals surface area contributed by atoms with Crippen molar-refractivity contribution >= 4 is 29.0 Å². The van der Waals surface area contributed by atoms with E-state index in [1.54, 1.807) is 6.07 Å². The maximum absolute atomic E-state index is 16.2. The molecule has 130 valence electrons. The van der Waals surface area contributed by atoms with Gasteiger partial charge in [-0.15, -0.1) is 0 Å². The van der Waals surface area contributed by atoms with E-state index in [1.165, 1.54) is 4.90 Å². The Bertz CT molecular complexity index is 971. The maximum Gasteiger partial charge on any atom is 0.285 e. The average Bonchev–Trinajstić information content (AvgIpc) is 2.84. The fraction of sp³-hybridized carbons (Fsp3) is 0.136. The van der Waals surface area contributed by atoms with E-state index in [1.807, 2.05) is 80.6 Å². The van der Waals surface area contributed by atoms with E-state index < -0.39 is 10.9 Å². The highest BCUT2D eigenvalue weighted by atomic mass is 32.2. The topological polar surface area (TPSA) is 20.3 Å². The number of benzene rings is 3. The van der Waals surface area contributed by atoms with Crippen LogP contribution in [0.15, 0.2) is 77.7 Å². The molecule has 1 atom stereocenters. The van der Waals surface area contributed by atoms with Gasteiger partial charge in [0.1, 0.15) is 0 Å². The molecule has 0 N–H and O–H groups in total. The van der Waals surface area contributed by atoms with Crippen molar-refractivity contribution in [1.82, 2.24) is 0 Å². The Balaban J connectivity index is 1.85. The lowest BCUT2D eigenvalue weighted by atomic mass is 10.1. The molecule has 4 rings (SSSR count). The molecule has 0 bridgehead atoms. The van der Waals surface area contributed by atoms with Gasteiger partial charge >= 0.3 is 0 Å². The first-order valence-electron chi connectivity index (χ1n) is 8.44. The predicted octanol–water partition coefficient (Wildman–Crippen LogP) is 5.90. The normalized spacial score (nSPS) is 18.9. The molecule has 0 aromatic heterocycles. The Hall–Kier alpha value is -2.59. The molecule has 0 aliphatic carbocycles. The third-order valence-corrected chi connectivity index (χ3v) is 5.70. The number of carbonyl (C=O) groups is 1.